The monoisotopic (exact) mass is 601 g/mol. The van der Waals surface area contributed by atoms with Crippen LogP contribution in [0.1, 0.15) is 149 Å². The zero-order chi connectivity index (χ0) is 30.4. The van der Waals surface area contributed by atoms with Gasteiger partial charge < -0.3 is 4.74 Å². The Morgan fingerprint density at radius 1 is 0.780 bits per heavy atom. The van der Waals surface area contributed by atoms with Crippen molar-refractivity contribution in [1.29, 1.82) is 0 Å². The lowest BCUT2D eigenvalue weighted by molar-refractivity contribution is -0.151. The van der Waals surface area contributed by atoms with Gasteiger partial charge >= 0.3 is 13.8 Å². The van der Waals surface area contributed by atoms with Gasteiger partial charge in [-0.1, -0.05) is 122 Å². The maximum absolute atomic E-state index is 12.9. The van der Waals surface area contributed by atoms with E-state index in [1.165, 1.54) is 70.3 Å². The summed E-state index contributed by atoms with van der Waals surface area (Å²) in [5, 5.41) is 3.95. The second-order valence-corrected chi connectivity index (χ2v) is 12.4. The normalized spacial score (nSPS) is 14.1. The number of carbonyl (C=O) groups excluding carboxylic acids is 1. The first-order valence-corrected chi connectivity index (χ1v) is 17.8. The molecule has 0 aromatic rings. The molecule has 41 heavy (non-hydrogen) atoms. The van der Waals surface area contributed by atoms with Crippen LogP contribution in [0, 0.1) is 0 Å². The fraction of sp³-hybridized carbons (Fsp3) is 0.903. The number of esters is 1. The molecule has 0 radical (unpaired) electrons. The molecule has 3 atom stereocenters. The fourth-order valence-corrected chi connectivity index (χ4v) is 5.82. The maximum Gasteiger partial charge on any atom is 0.475 e. The van der Waals surface area contributed by atoms with Crippen molar-refractivity contribution >= 4 is 13.8 Å². The second-order valence-electron chi connectivity index (χ2n) is 10.8. The minimum atomic E-state index is -3.77. The van der Waals surface area contributed by atoms with E-state index in [9.17, 15) is 14.9 Å². The van der Waals surface area contributed by atoms with Gasteiger partial charge in [-0.25, -0.2) is 4.57 Å². The predicted molar refractivity (Wildman–Crippen MR) is 168 cm³/mol. The van der Waals surface area contributed by atoms with E-state index in [-0.39, 0.29) is 32.2 Å². The van der Waals surface area contributed by atoms with Gasteiger partial charge in [0, 0.05) is 11.3 Å². The summed E-state index contributed by atoms with van der Waals surface area (Å²) in [5.41, 5.74) is 9.26. The van der Waals surface area contributed by atoms with E-state index in [4.69, 9.17) is 18.3 Å². The number of ether oxygens (including phenoxy) is 1. The molecule has 0 spiro atoms. The van der Waals surface area contributed by atoms with Crippen LogP contribution in [0.15, 0.2) is 17.8 Å². The highest BCUT2D eigenvalue weighted by atomic mass is 31.2. The molecule has 0 aromatic carbocycles. The summed E-state index contributed by atoms with van der Waals surface area (Å²) in [6.07, 6.45) is 21.3. The van der Waals surface area contributed by atoms with E-state index in [2.05, 4.69) is 30.5 Å². The lowest BCUT2D eigenvalue weighted by Gasteiger charge is -2.25. The summed E-state index contributed by atoms with van der Waals surface area (Å²) >= 11 is 0. The molecule has 0 amide bonds. The number of unbranched alkanes of at least 4 members (excludes halogenated alkanes) is 14. The van der Waals surface area contributed by atoms with E-state index in [1.54, 1.807) is 0 Å². The highest BCUT2D eigenvalue weighted by Crippen LogP contribution is 2.49. The van der Waals surface area contributed by atoms with Crippen molar-refractivity contribution in [2.75, 3.05) is 19.8 Å². The summed E-state index contributed by atoms with van der Waals surface area (Å²) in [4.78, 5) is 15.8. The molecule has 0 rings (SSSR count). The summed E-state index contributed by atoms with van der Waals surface area (Å²) in [7, 11) is -3.77. The Labute approximate surface area is 250 Å². The molecule has 10 heteroatoms. The summed E-state index contributed by atoms with van der Waals surface area (Å²) < 4.78 is 34.9. The first-order chi connectivity index (χ1) is 20.0. The first-order valence-electron chi connectivity index (χ1n) is 16.3. The van der Waals surface area contributed by atoms with Gasteiger partial charge in [0.25, 0.3) is 0 Å². The third kappa shape index (κ3) is 23.8. The van der Waals surface area contributed by atoms with Crippen LogP contribution in [-0.2, 0) is 27.7 Å². The van der Waals surface area contributed by atoms with Crippen molar-refractivity contribution in [1.82, 2.24) is 0 Å². The fourth-order valence-electron chi connectivity index (χ4n) is 4.57. The Kier molecular flexibility index (Phi) is 27.8. The Morgan fingerprint density at radius 3 is 1.85 bits per heavy atom. The zero-order valence-corrected chi connectivity index (χ0v) is 27.3. The molecule has 0 heterocycles. The standard InChI is InChI=1S/C31H60N3O6P/c1-5-9-11-13-15-17-19-21-23-30(40-31(35)24-22-20-18-16-14-12-10-6-2)29(33-34-32)25-28-39-41(36,37-26-7-3)38-27-8-4/h7,29-30H,3,5-6,8-28H2,1-2,4H3. The minimum Gasteiger partial charge on any atom is -0.462 e. The third-order valence-electron chi connectivity index (χ3n) is 6.96. The van der Waals surface area contributed by atoms with Crippen molar-refractivity contribution in [3.63, 3.8) is 0 Å². The predicted octanol–water partition coefficient (Wildman–Crippen LogP) is 10.8. The van der Waals surface area contributed by atoms with Crippen molar-refractivity contribution < 1.29 is 27.7 Å². The molecule has 240 valence electrons. The van der Waals surface area contributed by atoms with Gasteiger partial charge in [0.2, 0.25) is 0 Å². The maximum atomic E-state index is 12.9. The van der Waals surface area contributed by atoms with Crippen molar-refractivity contribution in [3.8, 4) is 0 Å². The molecular weight excluding hydrogens is 541 g/mol. The van der Waals surface area contributed by atoms with Gasteiger partial charge in [-0.3, -0.25) is 18.4 Å². The van der Waals surface area contributed by atoms with E-state index in [0.29, 0.717) is 19.3 Å². The number of carbonyl (C=O) groups is 1. The van der Waals surface area contributed by atoms with Crippen LogP contribution in [0.3, 0.4) is 0 Å². The largest absolute Gasteiger partial charge is 0.475 e. The van der Waals surface area contributed by atoms with Gasteiger partial charge in [-0.15, -0.1) is 6.58 Å². The SMILES string of the molecule is C=CCOP(=O)(OCCC)OCCC(N=[N+]=[N-])C(CCCCCCCCCC)OC(=O)CCCCCCCCCC. The van der Waals surface area contributed by atoms with E-state index in [1.807, 2.05) is 6.92 Å². The average molecular weight is 602 g/mol. The van der Waals surface area contributed by atoms with Crippen LogP contribution in [0.4, 0.5) is 0 Å². The number of azide groups is 1. The van der Waals surface area contributed by atoms with Crippen molar-refractivity contribution in [2.45, 2.75) is 161 Å². The van der Waals surface area contributed by atoms with Gasteiger partial charge in [-0.2, -0.15) is 0 Å². The van der Waals surface area contributed by atoms with Crippen LogP contribution in [0.5, 0.6) is 0 Å². The Bertz CT molecular complexity index is 733. The Hall–Kier alpha value is -1.37. The average Bonchev–Trinajstić information content (AvgIpc) is 2.97. The van der Waals surface area contributed by atoms with Gasteiger partial charge in [0.1, 0.15) is 6.10 Å². The molecule has 0 saturated carbocycles. The molecule has 3 unspecified atom stereocenters. The quantitative estimate of drug-likeness (QED) is 0.0148. The van der Waals surface area contributed by atoms with Crippen LogP contribution in [-0.4, -0.2) is 37.9 Å². The second kappa shape index (κ2) is 28.7. The molecule has 0 N–H and O–H groups in total. The van der Waals surface area contributed by atoms with Gasteiger partial charge in [0.05, 0.1) is 25.9 Å². The molecule has 0 aliphatic rings. The molecule has 0 saturated heterocycles. The number of nitrogens with zero attached hydrogens (tertiary/aromatic N) is 3. The van der Waals surface area contributed by atoms with Crippen molar-refractivity contribution in [3.05, 3.63) is 23.1 Å². The van der Waals surface area contributed by atoms with Gasteiger partial charge in [0.15, 0.2) is 0 Å². The van der Waals surface area contributed by atoms with Crippen LogP contribution >= 0.6 is 7.82 Å². The number of hydrogen-bond acceptors (Lipinski definition) is 7. The highest BCUT2D eigenvalue weighted by molar-refractivity contribution is 7.48. The summed E-state index contributed by atoms with van der Waals surface area (Å²) in [6, 6.07) is -0.633. The molecule has 9 nitrogen and oxygen atoms in total. The minimum absolute atomic E-state index is 0.0225. The molecule has 0 aromatic heterocycles. The van der Waals surface area contributed by atoms with E-state index in [0.717, 1.165) is 38.5 Å². The van der Waals surface area contributed by atoms with Crippen LogP contribution in [0.25, 0.3) is 10.4 Å². The molecule has 0 aliphatic carbocycles. The number of phosphoric acid groups is 1. The first kappa shape index (κ1) is 39.6. The molecule has 0 bridgehead atoms. The number of hydrogen-bond donors (Lipinski definition) is 0. The van der Waals surface area contributed by atoms with E-state index < -0.39 is 20.0 Å². The highest BCUT2D eigenvalue weighted by Gasteiger charge is 2.29. The third-order valence-corrected chi connectivity index (χ3v) is 8.42. The molecule has 0 aliphatic heterocycles. The summed E-state index contributed by atoms with van der Waals surface area (Å²) in [5.74, 6) is -0.258. The molecular formula is C31H60N3O6P. The Morgan fingerprint density at radius 2 is 1.32 bits per heavy atom. The number of phosphoric ester groups is 1. The van der Waals surface area contributed by atoms with Gasteiger partial charge in [-0.05, 0) is 37.6 Å². The lowest BCUT2D eigenvalue weighted by Crippen LogP contribution is -2.31. The van der Waals surface area contributed by atoms with Crippen LogP contribution < -0.4 is 0 Å². The lowest BCUT2D eigenvalue weighted by atomic mass is 10.0. The summed E-state index contributed by atoms with van der Waals surface area (Å²) in [6.45, 7) is 10.1. The van der Waals surface area contributed by atoms with Crippen LogP contribution in [0.2, 0.25) is 0 Å². The number of rotatable bonds is 31. The van der Waals surface area contributed by atoms with Crippen molar-refractivity contribution in [2.24, 2.45) is 5.11 Å². The van der Waals surface area contributed by atoms with E-state index >= 15 is 0 Å². The Balaban J connectivity index is 5.00. The zero-order valence-electron chi connectivity index (χ0n) is 26.4. The smallest absolute Gasteiger partial charge is 0.462 e. The topological polar surface area (TPSA) is 120 Å². The molecule has 0 fully saturated rings.